The molecular formula is C27H23BrN2O5. The summed E-state index contributed by atoms with van der Waals surface area (Å²) in [4.78, 5) is 36.1. The lowest BCUT2D eigenvalue weighted by atomic mass is 9.98. The number of hydrogen-bond donors (Lipinski definition) is 3. The molecule has 2 aliphatic rings. The van der Waals surface area contributed by atoms with E-state index in [1.54, 1.807) is 12.1 Å². The van der Waals surface area contributed by atoms with Crippen molar-refractivity contribution in [1.29, 1.82) is 0 Å². The first-order chi connectivity index (χ1) is 16.9. The summed E-state index contributed by atoms with van der Waals surface area (Å²) in [6, 6.07) is 21.0. The molecule has 5 rings (SSSR count). The third kappa shape index (κ3) is 4.79. The van der Waals surface area contributed by atoms with Crippen LogP contribution >= 0.6 is 15.9 Å². The lowest BCUT2D eigenvalue weighted by molar-refractivity contribution is -0.117. The molecule has 0 heterocycles. The summed E-state index contributed by atoms with van der Waals surface area (Å²) in [6.45, 7) is 0.583. The fourth-order valence-electron chi connectivity index (χ4n) is 4.66. The lowest BCUT2D eigenvalue weighted by Gasteiger charge is -2.14. The zero-order valence-electron chi connectivity index (χ0n) is 18.7. The summed E-state index contributed by atoms with van der Waals surface area (Å²) >= 11 is 3.19. The number of nitrogens with one attached hydrogen (secondary N) is 2. The van der Waals surface area contributed by atoms with Gasteiger partial charge in [-0.15, -0.1) is 0 Å². The van der Waals surface area contributed by atoms with Gasteiger partial charge in [0.05, 0.1) is 5.56 Å². The normalized spacial score (nSPS) is 17.7. The van der Waals surface area contributed by atoms with Crippen LogP contribution in [0.5, 0.6) is 0 Å². The molecule has 2 atom stereocenters. The first kappa shape index (κ1) is 23.1. The van der Waals surface area contributed by atoms with E-state index in [1.165, 1.54) is 17.2 Å². The molecule has 2 unspecified atom stereocenters. The van der Waals surface area contributed by atoms with Crippen molar-refractivity contribution in [3.8, 4) is 11.1 Å². The first-order valence-electron chi connectivity index (χ1n) is 11.3. The highest BCUT2D eigenvalue weighted by atomic mass is 79.9. The molecule has 0 saturated heterocycles. The van der Waals surface area contributed by atoms with Crippen LogP contribution in [0.2, 0.25) is 0 Å². The quantitative estimate of drug-likeness (QED) is 0.383. The standard InChI is InChI=1S/C27H23BrN2O5/c28-24-10-9-16(12-22(24)26(32)33)30-25(31)21-11-15(21)13-29-27(34)35-14-23-19-7-3-1-5-17(19)18-6-2-4-8-20(18)23/h1-10,12,15,21,23H,11,13-14H2,(H,29,34)(H,30,31)(H,32,33). The number of aromatic carboxylic acids is 1. The SMILES string of the molecule is O=C(NCC1CC1C(=O)Nc1ccc(Br)c(C(=O)O)c1)OCC1c2ccccc2-c2ccccc21. The van der Waals surface area contributed by atoms with E-state index in [9.17, 15) is 19.5 Å². The largest absolute Gasteiger partial charge is 0.478 e. The van der Waals surface area contributed by atoms with Gasteiger partial charge in [0.15, 0.2) is 0 Å². The minimum absolute atomic E-state index is 0.00537. The highest BCUT2D eigenvalue weighted by molar-refractivity contribution is 9.10. The smallest absolute Gasteiger partial charge is 0.407 e. The van der Waals surface area contributed by atoms with Crippen LogP contribution in [0.15, 0.2) is 71.2 Å². The number of amides is 2. The molecule has 0 radical (unpaired) electrons. The minimum Gasteiger partial charge on any atom is -0.478 e. The Labute approximate surface area is 210 Å². The minimum atomic E-state index is -1.08. The molecule has 3 aromatic rings. The van der Waals surface area contributed by atoms with Gasteiger partial charge in [-0.1, -0.05) is 48.5 Å². The third-order valence-electron chi connectivity index (χ3n) is 6.58. The van der Waals surface area contributed by atoms with Gasteiger partial charge in [0.25, 0.3) is 0 Å². The zero-order chi connectivity index (χ0) is 24.5. The van der Waals surface area contributed by atoms with Gasteiger partial charge in [-0.25, -0.2) is 9.59 Å². The van der Waals surface area contributed by atoms with E-state index in [-0.39, 0.29) is 35.8 Å². The zero-order valence-corrected chi connectivity index (χ0v) is 20.2. The van der Waals surface area contributed by atoms with Crippen LogP contribution in [0.1, 0.15) is 33.8 Å². The molecule has 8 heteroatoms. The summed E-state index contributed by atoms with van der Waals surface area (Å²) in [5, 5.41) is 14.8. The van der Waals surface area contributed by atoms with Crippen molar-refractivity contribution in [2.75, 3.05) is 18.5 Å². The summed E-state index contributed by atoms with van der Waals surface area (Å²) in [5.74, 6) is -1.49. The van der Waals surface area contributed by atoms with Gasteiger partial charge in [-0.3, -0.25) is 4.79 Å². The van der Waals surface area contributed by atoms with E-state index in [2.05, 4.69) is 50.8 Å². The van der Waals surface area contributed by atoms with Crippen LogP contribution in [0, 0.1) is 11.8 Å². The molecule has 7 nitrogen and oxygen atoms in total. The number of benzene rings is 3. The summed E-state index contributed by atoms with van der Waals surface area (Å²) < 4.78 is 5.99. The molecule has 2 amide bonds. The lowest BCUT2D eigenvalue weighted by Crippen LogP contribution is -2.29. The predicted molar refractivity (Wildman–Crippen MR) is 134 cm³/mol. The van der Waals surface area contributed by atoms with Gasteiger partial charge in [-0.05, 0) is 68.7 Å². The fourth-order valence-corrected chi connectivity index (χ4v) is 5.08. The van der Waals surface area contributed by atoms with Gasteiger partial charge >= 0.3 is 12.1 Å². The Morgan fingerprint density at radius 3 is 2.29 bits per heavy atom. The number of hydrogen-bond acceptors (Lipinski definition) is 4. The molecule has 178 valence electrons. The average molecular weight is 535 g/mol. The number of alkyl carbamates (subject to hydrolysis) is 1. The van der Waals surface area contributed by atoms with Gasteiger partial charge in [0.2, 0.25) is 5.91 Å². The van der Waals surface area contributed by atoms with Crippen molar-refractivity contribution in [2.24, 2.45) is 11.8 Å². The highest BCUT2D eigenvalue weighted by Crippen LogP contribution is 2.44. The Kier molecular flexibility index (Phi) is 6.30. The van der Waals surface area contributed by atoms with Crippen LogP contribution in [0.25, 0.3) is 11.1 Å². The van der Waals surface area contributed by atoms with E-state index in [0.717, 1.165) is 11.1 Å². The van der Waals surface area contributed by atoms with Crippen LogP contribution in [-0.2, 0) is 9.53 Å². The van der Waals surface area contributed by atoms with Crippen molar-refractivity contribution < 1.29 is 24.2 Å². The van der Waals surface area contributed by atoms with Crippen molar-refractivity contribution in [2.45, 2.75) is 12.3 Å². The number of ether oxygens (including phenoxy) is 1. The Balaban J connectivity index is 1.11. The highest BCUT2D eigenvalue weighted by Gasteiger charge is 2.43. The second-order valence-corrected chi connectivity index (χ2v) is 9.65. The second-order valence-electron chi connectivity index (χ2n) is 8.80. The van der Waals surface area contributed by atoms with Crippen LogP contribution in [0.4, 0.5) is 10.5 Å². The molecule has 3 aromatic carbocycles. The molecule has 3 N–H and O–H groups in total. The van der Waals surface area contributed by atoms with Gasteiger partial charge < -0.3 is 20.5 Å². The van der Waals surface area contributed by atoms with E-state index in [0.29, 0.717) is 23.1 Å². The Morgan fingerprint density at radius 2 is 1.63 bits per heavy atom. The van der Waals surface area contributed by atoms with E-state index in [1.807, 2.05) is 24.3 Å². The first-order valence-corrected chi connectivity index (χ1v) is 12.1. The fraction of sp³-hybridized carbons (Fsp3) is 0.222. The van der Waals surface area contributed by atoms with Crippen LogP contribution < -0.4 is 10.6 Å². The number of carboxylic acids is 1. The maximum atomic E-state index is 12.5. The number of carboxylic acid groups (broad SMARTS) is 1. The van der Waals surface area contributed by atoms with E-state index in [4.69, 9.17) is 4.74 Å². The average Bonchev–Trinajstić information content (AvgIpc) is 3.57. The van der Waals surface area contributed by atoms with Gasteiger partial charge in [-0.2, -0.15) is 0 Å². The van der Waals surface area contributed by atoms with E-state index >= 15 is 0 Å². The number of fused-ring (bicyclic) bond motifs is 3. The summed E-state index contributed by atoms with van der Waals surface area (Å²) in [6.07, 6.45) is 0.148. The van der Waals surface area contributed by atoms with Gasteiger partial charge in [0, 0.05) is 28.5 Å². The molecule has 1 saturated carbocycles. The van der Waals surface area contributed by atoms with Crippen molar-refractivity contribution in [1.82, 2.24) is 5.32 Å². The monoisotopic (exact) mass is 534 g/mol. The van der Waals surface area contributed by atoms with Crippen molar-refractivity contribution in [3.63, 3.8) is 0 Å². The van der Waals surface area contributed by atoms with Crippen molar-refractivity contribution >= 4 is 39.6 Å². The molecule has 0 spiro atoms. The van der Waals surface area contributed by atoms with Crippen LogP contribution in [0.3, 0.4) is 0 Å². The number of halogens is 1. The molecule has 0 bridgehead atoms. The third-order valence-corrected chi connectivity index (χ3v) is 7.27. The number of carbonyl (C=O) groups excluding carboxylic acids is 2. The molecule has 35 heavy (non-hydrogen) atoms. The second kappa shape index (κ2) is 9.54. The number of anilines is 1. The van der Waals surface area contributed by atoms with E-state index < -0.39 is 12.1 Å². The maximum Gasteiger partial charge on any atom is 0.407 e. The Hall–Kier alpha value is -3.65. The number of rotatable bonds is 7. The van der Waals surface area contributed by atoms with Crippen molar-refractivity contribution in [3.05, 3.63) is 87.9 Å². The summed E-state index contributed by atoms with van der Waals surface area (Å²) in [5.41, 5.74) is 5.15. The predicted octanol–water partition coefficient (Wildman–Crippen LogP) is 5.26. The topological polar surface area (TPSA) is 105 Å². The molecule has 0 aromatic heterocycles. The molecule has 0 aliphatic heterocycles. The molecular weight excluding hydrogens is 512 g/mol. The molecule has 2 aliphatic carbocycles. The molecule has 1 fully saturated rings. The van der Waals surface area contributed by atoms with Gasteiger partial charge in [0.1, 0.15) is 6.61 Å². The summed E-state index contributed by atoms with van der Waals surface area (Å²) in [7, 11) is 0. The van der Waals surface area contributed by atoms with Crippen LogP contribution in [-0.4, -0.2) is 36.2 Å². The maximum absolute atomic E-state index is 12.5. The Morgan fingerprint density at radius 1 is 0.971 bits per heavy atom. The number of carbonyl (C=O) groups is 3. The Bertz CT molecular complexity index is 1280.